The third-order valence-electron chi connectivity index (χ3n) is 5.74. The maximum absolute atomic E-state index is 13.6. The van der Waals surface area contributed by atoms with Gasteiger partial charge in [-0.3, -0.25) is 9.69 Å². The van der Waals surface area contributed by atoms with Gasteiger partial charge in [-0.1, -0.05) is 13.0 Å². The molecule has 1 aliphatic rings. The number of fused-ring (bicyclic) bond motifs is 1. The number of aliphatic hydroxyl groups is 1. The van der Waals surface area contributed by atoms with Crippen LogP contribution in [0.15, 0.2) is 35.7 Å². The summed E-state index contributed by atoms with van der Waals surface area (Å²) in [5, 5.41) is 12.2. The first kappa shape index (κ1) is 24.6. The van der Waals surface area contributed by atoms with Crippen molar-refractivity contribution in [2.75, 3.05) is 46.5 Å². The lowest BCUT2D eigenvalue weighted by Crippen LogP contribution is -2.48. The van der Waals surface area contributed by atoms with Gasteiger partial charge in [0.1, 0.15) is 18.2 Å². The van der Waals surface area contributed by atoms with Crippen LogP contribution in [0.5, 0.6) is 5.75 Å². The van der Waals surface area contributed by atoms with E-state index < -0.39 is 6.10 Å². The van der Waals surface area contributed by atoms with Gasteiger partial charge >= 0.3 is 0 Å². The van der Waals surface area contributed by atoms with E-state index >= 15 is 0 Å². The summed E-state index contributed by atoms with van der Waals surface area (Å²) in [6.45, 7) is 4.79. The highest BCUT2D eigenvalue weighted by Crippen LogP contribution is 2.34. The molecule has 0 radical (unpaired) electrons. The van der Waals surface area contributed by atoms with E-state index in [0.717, 1.165) is 18.4 Å². The van der Waals surface area contributed by atoms with E-state index in [9.17, 15) is 14.3 Å². The smallest absolute Gasteiger partial charge is 0.237 e. The van der Waals surface area contributed by atoms with Crippen LogP contribution >= 0.6 is 11.3 Å². The van der Waals surface area contributed by atoms with E-state index in [4.69, 9.17) is 9.47 Å². The lowest BCUT2D eigenvalue weighted by Gasteiger charge is -2.37. The molecular weight excluding hydrogens is 431 g/mol. The van der Waals surface area contributed by atoms with E-state index in [0.29, 0.717) is 38.4 Å². The molecule has 0 aliphatic carbocycles. The van der Waals surface area contributed by atoms with Crippen molar-refractivity contribution < 1.29 is 23.8 Å². The molecule has 0 unspecified atom stereocenters. The van der Waals surface area contributed by atoms with E-state index in [1.165, 1.54) is 17.0 Å². The molecule has 0 saturated heterocycles. The fourth-order valence-electron chi connectivity index (χ4n) is 3.98. The zero-order valence-electron chi connectivity index (χ0n) is 18.8. The summed E-state index contributed by atoms with van der Waals surface area (Å²) in [6, 6.07) is 7.89. The molecule has 0 spiro atoms. The van der Waals surface area contributed by atoms with E-state index in [1.807, 2.05) is 22.1 Å². The number of benzene rings is 1. The first-order valence-corrected chi connectivity index (χ1v) is 12.0. The van der Waals surface area contributed by atoms with E-state index in [1.54, 1.807) is 30.6 Å². The fourth-order valence-corrected chi connectivity index (χ4v) is 4.91. The van der Waals surface area contributed by atoms with Gasteiger partial charge in [-0.25, -0.2) is 4.39 Å². The summed E-state index contributed by atoms with van der Waals surface area (Å²) in [6.07, 6.45) is 1.78. The molecule has 1 amide bonds. The maximum atomic E-state index is 13.6. The summed E-state index contributed by atoms with van der Waals surface area (Å²) < 4.78 is 24.6. The predicted octanol–water partition coefficient (Wildman–Crippen LogP) is 3.50. The summed E-state index contributed by atoms with van der Waals surface area (Å²) in [4.78, 5) is 18.5. The second kappa shape index (κ2) is 12.3. The maximum Gasteiger partial charge on any atom is 0.237 e. The molecule has 8 heteroatoms. The molecule has 1 aromatic heterocycles. The number of amides is 1. The summed E-state index contributed by atoms with van der Waals surface area (Å²) >= 11 is 1.69. The zero-order valence-corrected chi connectivity index (χ0v) is 19.7. The Morgan fingerprint density at radius 1 is 1.41 bits per heavy atom. The minimum Gasteiger partial charge on any atom is -0.491 e. The first-order valence-electron chi connectivity index (χ1n) is 11.1. The number of hydrogen-bond donors (Lipinski definition) is 1. The molecule has 1 aliphatic heterocycles. The van der Waals surface area contributed by atoms with Crippen molar-refractivity contribution >= 4 is 17.2 Å². The highest BCUT2D eigenvalue weighted by atomic mass is 32.1. The van der Waals surface area contributed by atoms with Crippen molar-refractivity contribution in [2.24, 2.45) is 0 Å². The minimum atomic E-state index is -0.470. The average Bonchev–Trinajstić information content (AvgIpc) is 3.26. The largest absolute Gasteiger partial charge is 0.491 e. The van der Waals surface area contributed by atoms with Gasteiger partial charge in [0.25, 0.3) is 0 Å². The second-order valence-electron chi connectivity index (χ2n) is 8.06. The SMILES string of the molecule is CC[C@@H](O)CN(CCCOC)CC(=O)N1CCc2sccc2[C@H]1COc1cccc(F)c1. The van der Waals surface area contributed by atoms with Gasteiger partial charge in [-0.15, -0.1) is 11.3 Å². The lowest BCUT2D eigenvalue weighted by molar-refractivity contribution is -0.136. The molecule has 3 rings (SSSR count). The Hall–Kier alpha value is -2.00. The number of hydrogen-bond acceptors (Lipinski definition) is 6. The van der Waals surface area contributed by atoms with Gasteiger partial charge in [0, 0.05) is 44.3 Å². The van der Waals surface area contributed by atoms with Crippen molar-refractivity contribution in [1.29, 1.82) is 0 Å². The fraction of sp³-hybridized carbons (Fsp3) is 0.542. The Morgan fingerprint density at radius 3 is 3.00 bits per heavy atom. The van der Waals surface area contributed by atoms with Crippen LogP contribution in [0.4, 0.5) is 4.39 Å². The molecule has 1 aromatic carbocycles. The molecule has 2 heterocycles. The van der Waals surface area contributed by atoms with Crippen LogP contribution in [-0.2, 0) is 16.0 Å². The number of carbonyl (C=O) groups excluding carboxylic acids is 1. The molecule has 2 atom stereocenters. The predicted molar refractivity (Wildman–Crippen MR) is 124 cm³/mol. The Kier molecular flexibility index (Phi) is 9.47. The Labute approximate surface area is 193 Å². The molecule has 32 heavy (non-hydrogen) atoms. The topological polar surface area (TPSA) is 62.2 Å². The van der Waals surface area contributed by atoms with Gasteiger partial charge in [0.15, 0.2) is 0 Å². The van der Waals surface area contributed by atoms with Crippen molar-refractivity contribution in [3.63, 3.8) is 0 Å². The summed E-state index contributed by atoms with van der Waals surface area (Å²) in [5.41, 5.74) is 1.10. The van der Waals surface area contributed by atoms with Crippen LogP contribution in [0.3, 0.4) is 0 Å². The Bertz CT molecular complexity index is 862. The van der Waals surface area contributed by atoms with Gasteiger partial charge in [-0.2, -0.15) is 0 Å². The number of halogens is 1. The van der Waals surface area contributed by atoms with Gasteiger partial charge < -0.3 is 19.5 Å². The monoisotopic (exact) mass is 464 g/mol. The van der Waals surface area contributed by atoms with Gasteiger partial charge in [0.05, 0.1) is 18.7 Å². The third-order valence-corrected chi connectivity index (χ3v) is 6.74. The number of nitrogens with zero attached hydrogens (tertiary/aromatic N) is 2. The van der Waals surface area contributed by atoms with Crippen molar-refractivity contribution in [3.05, 3.63) is 52.0 Å². The van der Waals surface area contributed by atoms with E-state index in [-0.39, 0.29) is 30.9 Å². The standard InChI is InChI=1S/C24H33FN2O4S/c1-3-19(28)15-26(10-5-12-30-2)16-24(29)27-11-8-23-21(9-13-32-23)22(27)17-31-20-7-4-6-18(25)14-20/h4,6-7,9,13-14,19,22,28H,3,5,8,10-12,15-17H2,1-2H3/t19-,22-/m1/s1. The highest BCUT2D eigenvalue weighted by Gasteiger charge is 2.33. The molecule has 0 bridgehead atoms. The molecule has 6 nitrogen and oxygen atoms in total. The van der Waals surface area contributed by atoms with Gasteiger partial charge in [0.2, 0.25) is 5.91 Å². The molecular formula is C24H33FN2O4S. The van der Waals surface area contributed by atoms with Crippen LogP contribution in [0, 0.1) is 5.82 Å². The zero-order chi connectivity index (χ0) is 22.9. The highest BCUT2D eigenvalue weighted by molar-refractivity contribution is 7.10. The molecule has 1 N–H and O–H groups in total. The average molecular weight is 465 g/mol. The molecule has 0 fully saturated rings. The van der Waals surface area contributed by atoms with Crippen LogP contribution in [0.25, 0.3) is 0 Å². The Morgan fingerprint density at radius 2 is 2.25 bits per heavy atom. The number of methoxy groups -OCH3 is 1. The van der Waals surface area contributed by atoms with Crippen LogP contribution in [0.2, 0.25) is 0 Å². The number of carbonyl (C=O) groups is 1. The second-order valence-corrected chi connectivity index (χ2v) is 9.06. The van der Waals surface area contributed by atoms with Crippen LogP contribution in [0.1, 0.15) is 36.2 Å². The molecule has 2 aromatic rings. The first-order chi connectivity index (χ1) is 15.5. The van der Waals surface area contributed by atoms with E-state index in [2.05, 4.69) is 6.07 Å². The lowest BCUT2D eigenvalue weighted by atomic mass is 10.0. The van der Waals surface area contributed by atoms with Crippen molar-refractivity contribution in [3.8, 4) is 5.75 Å². The van der Waals surface area contributed by atoms with Crippen LogP contribution in [-0.4, -0.2) is 73.4 Å². The summed E-state index contributed by atoms with van der Waals surface area (Å²) in [5.74, 6) is 0.110. The number of aliphatic hydroxyl groups excluding tert-OH is 1. The van der Waals surface area contributed by atoms with Crippen molar-refractivity contribution in [2.45, 2.75) is 38.3 Å². The normalized spacial score (nSPS) is 16.8. The quantitative estimate of drug-likeness (QED) is 0.487. The molecule has 0 saturated carbocycles. The summed E-state index contributed by atoms with van der Waals surface area (Å²) in [7, 11) is 1.66. The minimum absolute atomic E-state index is 0.00964. The number of ether oxygens (including phenoxy) is 2. The third kappa shape index (κ3) is 6.75. The van der Waals surface area contributed by atoms with Crippen LogP contribution < -0.4 is 4.74 Å². The van der Waals surface area contributed by atoms with Crippen molar-refractivity contribution in [1.82, 2.24) is 9.80 Å². The number of thiophene rings is 1. The Balaban J connectivity index is 1.71. The molecule has 176 valence electrons. The van der Waals surface area contributed by atoms with Gasteiger partial charge in [-0.05, 0) is 48.4 Å². The number of rotatable bonds is 12.